The van der Waals surface area contributed by atoms with E-state index in [1.807, 2.05) is 0 Å². The standard InChI is InChI=1S/C16H30N2O2/c1-16(2,3)13-9-10-18(11-14(13)19)15(20)17-12-7-5-4-6-8-12/h12-14,19H,4-11H2,1-3H3,(H,17,20)/t13-,14+/m0/s1. The molecule has 2 atom stereocenters. The first-order valence-electron chi connectivity index (χ1n) is 8.11. The van der Waals surface area contributed by atoms with Crippen molar-refractivity contribution in [3.8, 4) is 0 Å². The van der Waals surface area contributed by atoms with Crippen LogP contribution in [0.25, 0.3) is 0 Å². The molecule has 0 radical (unpaired) electrons. The Morgan fingerprint density at radius 3 is 2.35 bits per heavy atom. The van der Waals surface area contributed by atoms with Crippen molar-refractivity contribution in [3.05, 3.63) is 0 Å². The quantitative estimate of drug-likeness (QED) is 0.777. The van der Waals surface area contributed by atoms with Gasteiger partial charge in [0.1, 0.15) is 0 Å². The van der Waals surface area contributed by atoms with Crippen molar-refractivity contribution in [3.63, 3.8) is 0 Å². The average molecular weight is 282 g/mol. The molecule has 4 nitrogen and oxygen atoms in total. The van der Waals surface area contributed by atoms with Crippen molar-refractivity contribution in [2.24, 2.45) is 11.3 Å². The summed E-state index contributed by atoms with van der Waals surface area (Å²) in [7, 11) is 0. The van der Waals surface area contributed by atoms with Crippen LogP contribution in [-0.4, -0.2) is 41.3 Å². The Bertz CT molecular complexity index is 332. The third-order valence-electron chi connectivity index (χ3n) is 4.91. The van der Waals surface area contributed by atoms with Crippen LogP contribution in [0.5, 0.6) is 0 Å². The third-order valence-corrected chi connectivity index (χ3v) is 4.91. The molecule has 2 fully saturated rings. The molecule has 1 saturated carbocycles. The number of hydrogen-bond donors (Lipinski definition) is 2. The van der Waals surface area contributed by atoms with Crippen molar-refractivity contribution >= 4 is 6.03 Å². The number of carbonyl (C=O) groups excluding carboxylic acids is 1. The lowest BCUT2D eigenvalue weighted by Crippen LogP contribution is -2.54. The molecule has 2 rings (SSSR count). The summed E-state index contributed by atoms with van der Waals surface area (Å²) in [5.41, 5.74) is 0.103. The highest BCUT2D eigenvalue weighted by molar-refractivity contribution is 5.74. The fraction of sp³-hybridized carbons (Fsp3) is 0.938. The summed E-state index contributed by atoms with van der Waals surface area (Å²) in [6.07, 6.45) is 6.43. The zero-order valence-electron chi connectivity index (χ0n) is 13.2. The summed E-state index contributed by atoms with van der Waals surface area (Å²) >= 11 is 0. The van der Waals surface area contributed by atoms with Gasteiger partial charge in [-0.1, -0.05) is 40.0 Å². The Morgan fingerprint density at radius 2 is 1.80 bits per heavy atom. The molecule has 4 heteroatoms. The molecule has 1 aliphatic heterocycles. The molecule has 0 aromatic rings. The van der Waals surface area contributed by atoms with Gasteiger partial charge in [-0.05, 0) is 30.6 Å². The highest BCUT2D eigenvalue weighted by atomic mass is 16.3. The lowest BCUT2D eigenvalue weighted by atomic mass is 9.74. The molecule has 2 aliphatic rings. The van der Waals surface area contributed by atoms with E-state index in [2.05, 4.69) is 26.1 Å². The molecule has 1 heterocycles. The topological polar surface area (TPSA) is 52.6 Å². The van der Waals surface area contributed by atoms with Crippen molar-refractivity contribution < 1.29 is 9.90 Å². The molecule has 0 spiro atoms. The smallest absolute Gasteiger partial charge is 0.317 e. The molecular formula is C16H30N2O2. The number of nitrogens with zero attached hydrogens (tertiary/aromatic N) is 1. The SMILES string of the molecule is CC(C)(C)[C@H]1CCN(C(=O)NC2CCCCC2)C[C@H]1O. The normalized spacial score (nSPS) is 29.3. The Balaban J connectivity index is 1.84. The van der Waals surface area contributed by atoms with Gasteiger partial charge in [0.25, 0.3) is 0 Å². The first kappa shape index (κ1) is 15.6. The van der Waals surface area contributed by atoms with E-state index < -0.39 is 6.10 Å². The summed E-state index contributed by atoms with van der Waals surface area (Å²) in [6.45, 7) is 7.73. The minimum Gasteiger partial charge on any atom is -0.391 e. The number of β-amino-alcohol motifs (C(OH)–C–C–N with tert-alkyl or cyclic N) is 1. The largest absolute Gasteiger partial charge is 0.391 e. The molecule has 1 saturated heterocycles. The molecule has 0 unspecified atom stereocenters. The summed E-state index contributed by atoms with van der Waals surface area (Å²) in [5.74, 6) is 0.279. The highest BCUT2D eigenvalue weighted by Gasteiger charge is 2.37. The molecule has 1 aliphatic carbocycles. The van der Waals surface area contributed by atoms with Gasteiger partial charge >= 0.3 is 6.03 Å². The van der Waals surface area contributed by atoms with Crippen LogP contribution in [-0.2, 0) is 0 Å². The van der Waals surface area contributed by atoms with Crippen molar-refractivity contribution in [2.45, 2.75) is 71.4 Å². The number of carbonyl (C=O) groups is 1. The van der Waals surface area contributed by atoms with Crippen molar-refractivity contribution in [1.29, 1.82) is 0 Å². The van der Waals surface area contributed by atoms with Crippen LogP contribution in [0.15, 0.2) is 0 Å². The second-order valence-corrected chi connectivity index (χ2v) is 7.56. The van der Waals surface area contributed by atoms with Gasteiger partial charge in [-0.3, -0.25) is 0 Å². The predicted molar refractivity (Wildman–Crippen MR) is 80.5 cm³/mol. The van der Waals surface area contributed by atoms with E-state index in [0.717, 1.165) is 25.8 Å². The Labute approximate surface area is 122 Å². The fourth-order valence-electron chi connectivity index (χ4n) is 3.64. The maximum Gasteiger partial charge on any atom is 0.317 e. The minimum atomic E-state index is -0.402. The zero-order valence-corrected chi connectivity index (χ0v) is 13.2. The van der Waals surface area contributed by atoms with Gasteiger partial charge in [0.05, 0.1) is 6.10 Å². The number of aliphatic hydroxyl groups is 1. The van der Waals surface area contributed by atoms with Gasteiger partial charge < -0.3 is 15.3 Å². The Hall–Kier alpha value is -0.770. The van der Waals surface area contributed by atoms with E-state index >= 15 is 0 Å². The Morgan fingerprint density at radius 1 is 1.15 bits per heavy atom. The third kappa shape index (κ3) is 3.87. The zero-order chi connectivity index (χ0) is 14.8. The lowest BCUT2D eigenvalue weighted by molar-refractivity contribution is -0.0127. The van der Waals surface area contributed by atoms with Gasteiger partial charge in [0.2, 0.25) is 0 Å². The van der Waals surface area contributed by atoms with Gasteiger partial charge in [-0.15, -0.1) is 0 Å². The number of aliphatic hydroxyl groups excluding tert-OH is 1. The molecule has 116 valence electrons. The second kappa shape index (κ2) is 6.33. The first-order chi connectivity index (χ1) is 9.38. The number of hydrogen-bond acceptors (Lipinski definition) is 2. The van der Waals surface area contributed by atoms with Crippen LogP contribution in [0.1, 0.15) is 59.3 Å². The van der Waals surface area contributed by atoms with Crippen LogP contribution < -0.4 is 5.32 Å². The van der Waals surface area contributed by atoms with Gasteiger partial charge in [0.15, 0.2) is 0 Å². The number of likely N-dealkylation sites (tertiary alicyclic amines) is 1. The van der Waals surface area contributed by atoms with Crippen LogP contribution in [0.2, 0.25) is 0 Å². The van der Waals surface area contributed by atoms with Gasteiger partial charge in [0, 0.05) is 19.1 Å². The fourth-order valence-corrected chi connectivity index (χ4v) is 3.64. The molecule has 2 amide bonds. The number of nitrogens with one attached hydrogen (secondary N) is 1. The van der Waals surface area contributed by atoms with Crippen LogP contribution in [0.3, 0.4) is 0 Å². The van der Waals surface area contributed by atoms with Crippen molar-refractivity contribution in [2.75, 3.05) is 13.1 Å². The Kier molecular flexibility index (Phi) is 4.95. The second-order valence-electron chi connectivity index (χ2n) is 7.56. The lowest BCUT2D eigenvalue weighted by Gasteiger charge is -2.42. The van der Waals surface area contributed by atoms with Gasteiger partial charge in [-0.2, -0.15) is 0 Å². The molecule has 0 bridgehead atoms. The van der Waals surface area contributed by atoms with E-state index in [4.69, 9.17) is 0 Å². The van der Waals surface area contributed by atoms with E-state index in [1.165, 1.54) is 19.3 Å². The maximum absolute atomic E-state index is 12.3. The first-order valence-corrected chi connectivity index (χ1v) is 8.11. The van der Waals surface area contributed by atoms with Crippen LogP contribution in [0, 0.1) is 11.3 Å². The number of amides is 2. The summed E-state index contributed by atoms with van der Waals surface area (Å²) in [6, 6.07) is 0.358. The minimum absolute atomic E-state index is 0.0170. The predicted octanol–water partition coefficient (Wildman–Crippen LogP) is 2.76. The molecular weight excluding hydrogens is 252 g/mol. The number of piperidine rings is 1. The van der Waals surface area contributed by atoms with E-state index in [0.29, 0.717) is 12.6 Å². The molecule has 0 aromatic heterocycles. The van der Waals surface area contributed by atoms with E-state index in [-0.39, 0.29) is 17.4 Å². The summed E-state index contributed by atoms with van der Waals surface area (Å²) in [5, 5.41) is 13.4. The van der Waals surface area contributed by atoms with E-state index in [1.54, 1.807) is 4.90 Å². The number of rotatable bonds is 1. The van der Waals surface area contributed by atoms with Crippen molar-refractivity contribution in [1.82, 2.24) is 10.2 Å². The van der Waals surface area contributed by atoms with Crippen LogP contribution in [0.4, 0.5) is 4.79 Å². The summed E-state index contributed by atoms with van der Waals surface area (Å²) in [4.78, 5) is 14.1. The molecule has 20 heavy (non-hydrogen) atoms. The maximum atomic E-state index is 12.3. The monoisotopic (exact) mass is 282 g/mol. The van der Waals surface area contributed by atoms with Crippen LogP contribution >= 0.6 is 0 Å². The average Bonchev–Trinajstić information content (AvgIpc) is 2.38. The molecule has 0 aromatic carbocycles. The highest BCUT2D eigenvalue weighted by Crippen LogP contribution is 2.34. The van der Waals surface area contributed by atoms with Gasteiger partial charge in [-0.25, -0.2) is 4.79 Å². The molecule has 2 N–H and O–H groups in total. The number of urea groups is 1. The summed E-state index contributed by atoms with van der Waals surface area (Å²) < 4.78 is 0. The van der Waals surface area contributed by atoms with E-state index in [9.17, 15) is 9.90 Å².